The van der Waals surface area contributed by atoms with E-state index in [0.717, 1.165) is 5.56 Å². The Balaban J connectivity index is 2.87. The van der Waals surface area contributed by atoms with Crippen LogP contribution in [0.3, 0.4) is 0 Å². The number of rotatable bonds is 3. The van der Waals surface area contributed by atoms with Crippen LogP contribution in [-0.2, 0) is 11.4 Å². The van der Waals surface area contributed by atoms with Crippen molar-refractivity contribution in [2.45, 2.75) is 6.61 Å². The summed E-state index contributed by atoms with van der Waals surface area (Å²) in [7, 11) is 0. The van der Waals surface area contributed by atoms with Crippen molar-refractivity contribution in [3.63, 3.8) is 0 Å². The average Bonchev–Trinajstić information content (AvgIpc) is 2.06. The molecule has 12 heavy (non-hydrogen) atoms. The van der Waals surface area contributed by atoms with Gasteiger partial charge in [-0.15, -0.1) is 0 Å². The summed E-state index contributed by atoms with van der Waals surface area (Å²) >= 11 is 0. The number of azide groups is 1. The van der Waals surface area contributed by atoms with Crippen molar-refractivity contribution in [1.29, 1.82) is 0 Å². The summed E-state index contributed by atoms with van der Waals surface area (Å²) < 4.78 is 0. The molecule has 0 amide bonds. The van der Waals surface area contributed by atoms with E-state index in [2.05, 4.69) is 14.9 Å². The molecule has 0 radical (unpaired) electrons. The van der Waals surface area contributed by atoms with Crippen molar-refractivity contribution >= 4 is 5.69 Å². The Hall–Kier alpha value is -1.55. The zero-order chi connectivity index (χ0) is 8.81. The van der Waals surface area contributed by atoms with Gasteiger partial charge in [-0.2, -0.15) is 0 Å². The van der Waals surface area contributed by atoms with Crippen LogP contribution in [0.5, 0.6) is 0 Å². The van der Waals surface area contributed by atoms with E-state index in [9.17, 15) is 0 Å². The topological polar surface area (TPSA) is 84.0 Å². The lowest BCUT2D eigenvalue weighted by atomic mass is 10.2. The van der Waals surface area contributed by atoms with E-state index in [1.807, 2.05) is 6.07 Å². The van der Waals surface area contributed by atoms with Crippen LogP contribution in [-0.4, -0.2) is 0 Å². The van der Waals surface area contributed by atoms with Gasteiger partial charge < -0.3 is 0 Å². The number of nitrogens with zero attached hydrogens (tertiary/aromatic N) is 3. The second-order valence-electron chi connectivity index (χ2n) is 2.17. The van der Waals surface area contributed by atoms with E-state index in [1.54, 1.807) is 18.2 Å². The highest BCUT2D eigenvalue weighted by Gasteiger charge is 1.92. The third-order valence-corrected chi connectivity index (χ3v) is 1.32. The van der Waals surface area contributed by atoms with Gasteiger partial charge >= 0.3 is 0 Å². The molecule has 1 aromatic carbocycles. The first kappa shape index (κ1) is 8.55. The summed E-state index contributed by atoms with van der Waals surface area (Å²) in [4.78, 5) is 7.09. The van der Waals surface area contributed by atoms with E-state index in [1.165, 1.54) is 0 Å². The van der Waals surface area contributed by atoms with Gasteiger partial charge in [0, 0.05) is 10.6 Å². The monoisotopic (exact) mass is 164 g/mol. The second-order valence-corrected chi connectivity index (χ2v) is 2.17. The zero-order valence-corrected chi connectivity index (χ0v) is 6.34. The quantitative estimate of drug-likeness (QED) is 0.320. The standard InChI is InChI=1S/C7H8N4O/c8-11-10-7-3-1-2-6(4-7)5-12-9/h1-4H,5,9H2. The average molecular weight is 164 g/mol. The molecule has 0 aliphatic rings. The molecule has 0 fully saturated rings. The molecule has 0 bridgehead atoms. The number of hydrogen-bond acceptors (Lipinski definition) is 3. The van der Waals surface area contributed by atoms with Crippen LogP contribution in [0.25, 0.3) is 10.4 Å². The van der Waals surface area contributed by atoms with Crippen LogP contribution in [0.2, 0.25) is 0 Å². The van der Waals surface area contributed by atoms with Crippen LogP contribution in [0, 0.1) is 0 Å². The minimum atomic E-state index is 0.314. The van der Waals surface area contributed by atoms with Crippen molar-refractivity contribution in [3.8, 4) is 0 Å². The van der Waals surface area contributed by atoms with E-state index in [4.69, 9.17) is 11.4 Å². The predicted octanol–water partition coefficient (Wildman–Crippen LogP) is 2.02. The number of nitrogens with two attached hydrogens (primary N) is 1. The minimum Gasteiger partial charge on any atom is -0.300 e. The van der Waals surface area contributed by atoms with Crippen molar-refractivity contribution in [1.82, 2.24) is 0 Å². The first-order valence-corrected chi connectivity index (χ1v) is 3.32. The van der Waals surface area contributed by atoms with Crippen molar-refractivity contribution in [2.24, 2.45) is 11.0 Å². The number of hydrogen-bond donors (Lipinski definition) is 1. The SMILES string of the molecule is [N-]=[N+]=Nc1cccc(CON)c1. The second kappa shape index (κ2) is 4.35. The van der Waals surface area contributed by atoms with Crippen molar-refractivity contribution in [3.05, 3.63) is 40.3 Å². The molecule has 0 atom stereocenters. The highest BCUT2D eigenvalue weighted by molar-refractivity contribution is 5.39. The zero-order valence-electron chi connectivity index (χ0n) is 6.34. The molecule has 0 heterocycles. The maximum atomic E-state index is 8.14. The smallest absolute Gasteiger partial charge is 0.0930 e. The Labute approximate surface area is 69.3 Å². The Morgan fingerprint density at radius 1 is 1.58 bits per heavy atom. The fourth-order valence-electron chi connectivity index (χ4n) is 0.856. The third-order valence-electron chi connectivity index (χ3n) is 1.32. The molecule has 62 valence electrons. The molecule has 5 nitrogen and oxygen atoms in total. The summed E-state index contributed by atoms with van der Waals surface area (Å²) in [6.07, 6.45) is 0. The maximum absolute atomic E-state index is 8.14. The van der Waals surface area contributed by atoms with Gasteiger partial charge in [0.15, 0.2) is 0 Å². The van der Waals surface area contributed by atoms with Crippen LogP contribution >= 0.6 is 0 Å². The first-order valence-electron chi connectivity index (χ1n) is 3.32. The van der Waals surface area contributed by atoms with E-state index in [-0.39, 0.29) is 0 Å². The van der Waals surface area contributed by atoms with Gasteiger partial charge in [-0.3, -0.25) is 4.84 Å². The van der Waals surface area contributed by atoms with Gasteiger partial charge in [0.05, 0.1) is 6.61 Å². The summed E-state index contributed by atoms with van der Waals surface area (Å²) in [6, 6.07) is 7.04. The molecule has 1 aromatic rings. The molecule has 0 aliphatic carbocycles. The molecule has 0 saturated carbocycles. The largest absolute Gasteiger partial charge is 0.300 e. The molecular formula is C7H8N4O. The molecule has 0 aliphatic heterocycles. The molecule has 0 aromatic heterocycles. The fraction of sp³-hybridized carbons (Fsp3) is 0.143. The molecular weight excluding hydrogens is 156 g/mol. The van der Waals surface area contributed by atoms with Gasteiger partial charge in [-0.1, -0.05) is 23.3 Å². The lowest BCUT2D eigenvalue weighted by molar-refractivity contribution is 0.124. The lowest BCUT2D eigenvalue weighted by Gasteiger charge is -1.98. The Kier molecular flexibility index (Phi) is 3.10. The summed E-state index contributed by atoms with van der Waals surface area (Å²) in [5, 5.41) is 3.43. The van der Waals surface area contributed by atoms with Gasteiger partial charge in [-0.05, 0) is 17.2 Å². The van der Waals surface area contributed by atoms with Crippen LogP contribution in [0.1, 0.15) is 5.56 Å². The van der Waals surface area contributed by atoms with E-state index < -0.39 is 0 Å². The van der Waals surface area contributed by atoms with E-state index >= 15 is 0 Å². The van der Waals surface area contributed by atoms with Gasteiger partial charge in [0.2, 0.25) is 0 Å². The van der Waals surface area contributed by atoms with Gasteiger partial charge in [-0.25, -0.2) is 5.90 Å². The molecule has 1 rings (SSSR count). The van der Waals surface area contributed by atoms with Crippen LogP contribution in [0.4, 0.5) is 5.69 Å². The molecule has 0 unspecified atom stereocenters. The molecule has 0 saturated heterocycles. The first-order chi connectivity index (χ1) is 5.86. The van der Waals surface area contributed by atoms with Crippen molar-refractivity contribution in [2.75, 3.05) is 0 Å². The summed E-state index contributed by atoms with van der Waals surface area (Å²) in [5.41, 5.74) is 9.58. The van der Waals surface area contributed by atoms with Crippen LogP contribution in [0.15, 0.2) is 29.4 Å². The van der Waals surface area contributed by atoms with Crippen molar-refractivity contribution < 1.29 is 4.84 Å². The minimum absolute atomic E-state index is 0.314. The molecule has 0 spiro atoms. The predicted molar refractivity (Wildman–Crippen MR) is 44.2 cm³/mol. The van der Waals surface area contributed by atoms with Crippen LogP contribution < -0.4 is 5.90 Å². The third kappa shape index (κ3) is 2.25. The highest BCUT2D eigenvalue weighted by atomic mass is 16.6. The highest BCUT2D eigenvalue weighted by Crippen LogP contribution is 2.14. The Morgan fingerprint density at radius 2 is 2.42 bits per heavy atom. The molecule has 2 N–H and O–H groups in total. The normalized spacial score (nSPS) is 9.08. The lowest BCUT2D eigenvalue weighted by Crippen LogP contribution is -1.98. The fourth-order valence-corrected chi connectivity index (χ4v) is 0.856. The summed E-state index contributed by atoms with van der Waals surface area (Å²) in [6.45, 7) is 0.314. The molecule has 5 heteroatoms. The maximum Gasteiger partial charge on any atom is 0.0930 e. The van der Waals surface area contributed by atoms with Gasteiger partial charge in [0.1, 0.15) is 0 Å². The Morgan fingerprint density at radius 3 is 3.08 bits per heavy atom. The number of benzene rings is 1. The van der Waals surface area contributed by atoms with Gasteiger partial charge in [0.25, 0.3) is 0 Å². The summed E-state index contributed by atoms with van der Waals surface area (Å²) in [5.74, 6) is 4.88. The van der Waals surface area contributed by atoms with E-state index in [0.29, 0.717) is 12.3 Å². The Bertz CT molecular complexity index is 306.